The van der Waals surface area contributed by atoms with Crippen molar-refractivity contribution < 1.29 is 8.42 Å². The molecule has 1 aliphatic heterocycles. The molecule has 5 nitrogen and oxygen atoms in total. The minimum atomic E-state index is -3.11. The summed E-state index contributed by atoms with van der Waals surface area (Å²) in [5.74, 6) is 0.197. The van der Waals surface area contributed by atoms with E-state index in [4.69, 9.17) is 0 Å². The van der Waals surface area contributed by atoms with Crippen LogP contribution in [0, 0.1) is 0 Å². The van der Waals surface area contributed by atoms with Crippen LogP contribution in [-0.4, -0.2) is 58.3 Å². The highest BCUT2D eigenvalue weighted by Crippen LogP contribution is 1.94. The fraction of sp³-hybridized carbons (Fsp3) is 0.818. The van der Waals surface area contributed by atoms with Gasteiger partial charge in [-0.25, -0.2) is 13.1 Å². The smallest absolute Gasteiger partial charge is 0.212 e. The molecule has 0 amide bonds. The number of hydrogen-bond donors (Lipinski definition) is 2. The molecule has 0 aromatic rings. The number of nitrogens with zero attached hydrogens (tertiary/aromatic N) is 1. The summed E-state index contributed by atoms with van der Waals surface area (Å²) in [6.07, 6.45) is 4.64. The molecule has 0 aromatic heterocycles. The molecule has 0 radical (unpaired) electrons. The molecule has 0 atom stereocenters. The zero-order chi connectivity index (χ0) is 12.6. The van der Waals surface area contributed by atoms with Gasteiger partial charge in [0.2, 0.25) is 10.0 Å². The Balaban J connectivity index is 2.19. The summed E-state index contributed by atoms with van der Waals surface area (Å²) in [7, 11) is -3.11. The molecule has 0 spiro atoms. The van der Waals surface area contributed by atoms with Crippen molar-refractivity contribution in [3.05, 3.63) is 12.2 Å². The predicted octanol–water partition coefficient (Wildman–Crippen LogP) is -0.223. The van der Waals surface area contributed by atoms with Crippen LogP contribution in [0.3, 0.4) is 0 Å². The highest BCUT2D eigenvalue weighted by molar-refractivity contribution is 7.89. The van der Waals surface area contributed by atoms with E-state index in [1.807, 2.05) is 19.1 Å². The minimum absolute atomic E-state index is 0.197. The van der Waals surface area contributed by atoms with E-state index in [2.05, 4.69) is 14.9 Å². The third-order valence-electron chi connectivity index (χ3n) is 2.75. The SMILES string of the molecule is C/C=C/CCNS(=O)(=O)CCN1CCNCC1. The lowest BCUT2D eigenvalue weighted by atomic mass is 10.4. The molecule has 17 heavy (non-hydrogen) atoms. The third kappa shape index (κ3) is 6.78. The Morgan fingerprint density at radius 1 is 1.35 bits per heavy atom. The summed E-state index contributed by atoms with van der Waals surface area (Å²) < 4.78 is 25.9. The number of sulfonamides is 1. The lowest BCUT2D eigenvalue weighted by Gasteiger charge is -2.26. The van der Waals surface area contributed by atoms with Crippen molar-refractivity contribution in [2.24, 2.45) is 0 Å². The van der Waals surface area contributed by atoms with E-state index < -0.39 is 10.0 Å². The van der Waals surface area contributed by atoms with Crippen molar-refractivity contribution in [2.45, 2.75) is 13.3 Å². The molecule has 1 saturated heterocycles. The topological polar surface area (TPSA) is 61.4 Å². The number of hydrogen-bond acceptors (Lipinski definition) is 4. The standard InChI is InChI=1S/C11H23N3O2S/c1-2-3-4-5-13-17(15,16)11-10-14-8-6-12-7-9-14/h2-3,12-13H,4-11H2,1H3/b3-2+. The fourth-order valence-corrected chi connectivity index (χ4v) is 2.79. The molecule has 0 aromatic carbocycles. The second-order valence-corrected chi connectivity index (χ2v) is 6.09. The van der Waals surface area contributed by atoms with E-state index in [0.29, 0.717) is 13.1 Å². The van der Waals surface area contributed by atoms with E-state index in [9.17, 15) is 8.42 Å². The molecular weight excluding hydrogens is 238 g/mol. The van der Waals surface area contributed by atoms with Gasteiger partial charge in [0.1, 0.15) is 0 Å². The molecule has 1 aliphatic rings. The van der Waals surface area contributed by atoms with Crippen LogP contribution in [0.25, 0.3) is 0 Å². The third-order valence-corrected chi connectivity index (χ3v) is 4.12. The molecular formula is C11H23N3O2S. The maximum absolute atomic E-state index is 11.7. The van der Waals surface area contributed by atoms with Gasteiger partial charge in [-0.15, -0.1) is 0 Å². The van der Waals surface area contributed by atoms with Gasteiger partial charge in [0, 0.05) is 39.3 Å². The first-order valence-electron chi connectivity index (χ1n) is 6.15. The normalized spacial score (nSPS) is 18.9. The summed E-state index contributed by atoms with van der Waals surface area (Å²) in [6, 6.07) is 0. The van der Waals surface area contributed by atoms with Crippen LogP contribution >= 0.6 is 0 Å². The van der Waals surface area contributed by atoms with Crippen molar-refractivity contribution in [1.29, 1.82) is 0 Å². The van der Waals surface area contributed by atoms with Gasteiger partial charge in [0.25, 0.3) is 0 Å². The van der Waals surface area contributed by atoms with Gasteiger partial charge in [0.05, 0.1) is 5.75 Å². The van der Waals surface area contributed by atoms with Crippen LogP contribution in [0.1, 0.15) is 13.3 Å². The maximum atomic E-state index is 11.7. The second-order valence-electron chi connectivity index (χ2n) is 4.16. The Morgan fingerprint density at radius 3 is 2.71 bits per heavy atom. The van der Waals surface area contributed by atoms with Gasteiger partial charge in [-0.2, -0.15) is 0 Å². The molecule has 1 heterocycles. The molecule has 1 rings (SSSR count). The molecule has 0 saturated carbocycles. The van der Waals surface area contributed by atoms with E-state index in [1.54, 1.807) is 0 Å². The Morgan fingerprint density at radius 2 is 2.06 bits per heavy atom. The summed E-state index contributed by atoms with van der Waals surface area (Å²) in [5, 5.41) is 3.25. The highest BCUT2D eigenvalue weighted by atomic mass is 32.2. The fourth-order valence-electron chi connectivity index (χ4n) is 1.72. The van der Waals surface area contributed by atoms with Gasteiger partial charge in [-0.1, -0.05) is 12.2 Å². The van der Waals surface area contributed by atoms with Gasteiger partial charge < -0.3 is 5.32 Å². The second kappa shape index (κ2) is 7.81. The van der Waals surface area contributed by atoms with E-state index in [-0.39, 0.29) is 5.75 Å². The van der Waals surface area contributed by atoms with Crippen molar-refractivity contribution in [1.82, 2.24) is 14.9 Å². The quantitative estimate of drug-likeness (QED) is 0.491. The summed E-state index contributed by atoms with van der Waals surface area (Å²) in [6.45, 7) is 6.83. The van der Waals surface area contributed by atoms with E-state index >= 15 is 0 Å². The van der Waals surface area contributed by atoms with Crippen molar-refractivity contribution in [3.63, 3.8) is 0 Å². The number of allylic oxidation sites excluding steroid dienone is 1. The van der Waals surface area contributed by atoms with Gasteiger partial charge >= 0.3 is 0 Å². The zero-order valence-corrected chi connectivity index (χ0v) is 11.3. The Hall–Kier alpha value is -0.430. The Labute approximate surface area is 104 Å². The van der Waals surface area contributed by atoms with Crippen molar-refractivity contribution >= 4 is 10.0 Å². The molecule has 1 fully saturated rings. The first-order chi connectivity index (χ1) is 8.14. The molecule has 0 bridgehead atoms. The lowest BCUT2D eigenvalue weighted by molar-refractivity contribution is 0.253. The van der Waals surface area contributed by atoms with E-state index in [1.165, 1.54) is 0 Å². The van der Waals surface area contributed by atoms with Crippen LogP contribution in [0.2, 0.25) is 0 Å². The average molecular weight is 261 g/mol. The summed E-state index contributed by atoms with van der Waals surface area (Å²) >= 11 is 0. The van der Waals surface area contributed by atoms with Crippen LogP contribution in [-0.2, 0) is 10.0 Å². The Bertz CT molecular complexity index is 322. The van der Waals surface area contributed by atoms with Crippen LogP contribution in [0.4, 0.5) is 0 Å². The number of nitrogens with one attached hydrogen (secondary N) is 2. The lowest BCUT2D eigenvalue weighted by Crippen LogP contribution is -2.45. The summed E-state index contributed by atoms with van der Waals surface area (Å²) in [4.78, 5) is 2.18. The van der Waals surface area contributed by atoms with Crippen LogP contribution in [0.15, 0.2) is 12.2 Å². The van der Waals surface area contributed by atoms with Gasteiger partial charge in [0.15, 0.2) is 0 Å². The number of rotatable bonds is 7. The molecule has 6 heteroatoms. The van der Waals surface area contributed by atoms with Crippen molar-refractivity contribution in [2.75, 3.05) is 45.0 Å². The first kappa shape index (κ1) is 14.6. The van der Waals surface area contributed by atoms with Crippen molar-refractivity contribution in [3.8, 4) is 0 Å². The van der Waals surface area contributed by atoms with Gasteiger partial charge in [-0.05, 0) is 13.3 Å². The predicted molar refractivity (Wildman–Crippen MR) is 70.5 cm³/mol. The largest absolute Gasteiger partial charge is 0.314 e. The first-order valence-corrected chi connectivity index (χ1v) is 7.81. The molecule has 0 aliphatic carbocycles. The van der Waals surface area contributed by atoms with E-state index in [0.717, 1.165) is 32.6 Å². The summed E-state index contributed by atoms with van der Waals surface area (Å²) in [5.41, 5.74) is 0. The van der Waals surface area contributed by atoms with Crippen LogP contribution < -0.4 is 10.0 Å². The molecule has 100 valence electrons. The molecule has 2 N–H and O–H groups in total. The minimum Gasteiger partial charge on any atom is -0.314 e. The molecule has 0 unspecified atom stereocenters. The zero-order valence-electron chi connectivity index (χ0n) is 10.5. The number of piperazine rings is 1. The van der Waals surface area contributed by atoms with Gasteiger partial charge in [-0.3, -0.25) is 4.90 Å². The average Bonchev–Trinajstić information content (AvgIpc) is 2.34. The maximum Gasteiger partial charge on any atom is 0.212 e. The highest BCUT2D eigenvalue weighted by Gasteiger charge is 2.14. The Kier molecular flexibility index (Phi) is 6.72. The van der Waals surface area contributed by atoms with Crippen LogP contribution in [0.5, 0.6) is 0 Å². The monoisotopic (exact) mass is 261 g/mol.